The van der Waals surface area contributed by atoms with Crippen molar-refractivity contribution in [1.29, 1.82) is 0 Å². The van der Waals surface area contributed by atoms with Gasteiger partial charge in [0, 0.05) is 32.7 Å². The Labute approximate surface area is 108 Å². The average molecular weight is 268 g/mol. The molecule has 1 aromatic rings. The van der Waals surface area contributed by atoms with E-state index in [0.717, 1.165) is 0 Å². The summed E-state index contributed by atoms with van der Waals surface area (Å²) in [6.45, 7) is 5.26. The number of carboxylic acid groups (broad SMARTS) is 1. The molecule has 2 N–H and O–H groups in total. The number of aromatic carboxylic acids is 1. The molecule has 0 amide bonds. The summed E-state index contributed by atoms with van der Waals surface area (Å²) in [5, 5.41) is 18.3. The summed E-state index contributed by atoms with van der Waals surface area (Å²) >= 11 is 0. The molecule has 1 aromatic carbocycles. The third-order valence-electron chi connectivity index (χ3n) is 1.95. The van der Waals surface area contributed by atoms with Gasteiger partial charge in [-0.3, -0.25) is 0 Å². The van der Waals surface area contributed by atoms with Gasteiger partial charge in [-0.15, -0.1) is 0 Å². The minimum atomic E-state index is -1.11. The number of rotatable bonds is 2. The normalized spacial score (nSPS) is 9.29. The number of hydrogen-bond acceptors (Lipinski definition) is 2. The summed E-state index contributed by atoms with van der Waals surface area (Å²) < 4.78 is 0. The molecule has 0 unspecified atom stereocenters. The van der Waals surface area contributed by atoms with Crippen LogP contribution in [0, 0.1) is 13.8 Å². The molecule has 73 valence electrons. The van der Waals surface area contributed by atoms with Crippen molar-refractivity contribution in [2.45, 2.75) is 13.3 Å². The third-order valence-corrected chi connectivity index (χ3v) is 1.95. The van der Waals surface area contributed by atoms with E-state index in [-0.39, 0.29) is 44.0 Å². The Morgan fingerprint density at radius 2 is 2.07 bits per heavy atom. The molecule has 0 bridgehead atoms. The quantitative estimate of drug-likeness (QED) is 0.804. The van der Waals surface area contributed by atoms with Crippen LogP contribution in [-0.4, -0.2) is 16.2 Å². The molecule has 0 heterocycles. The number of carboxylic acids is 1. The first kappa shape index (κ1) is 13.6. The molecule has 1 radical (unpaired) electrons. The Bertz CT molecular complexity index is 347. The molecule has 0 aliphatic heterocycles. The molecule has 3 nitrogen and oxygen atoms in total. The first-order valence-corrected chi connectivity index (χ1v) is 3.92. The fourth-order valence-corrected chi connectivity index (χ4v) is 1.18. The van der Waals surface area contributed by atoms with Gasteiger partial charge in [-0.05, 0) is 12.5 Å². The number of phenols is 1. The zero-order valence-electron chi connectivity index (χ0n) is 7.95. The van der Waals surface area contributed by atoms with E-state index in [1.807, 2.05) is 0 Å². The summed E-state index contributed by atoms with van der Waals surface area (Å²) in [5.41, 5.74) is 1.08. The van der Waals surface area contributed by atoms with E-state index in [4.69, 9.17) is 5.11 Å². The van der Waals surface area contributed by atoms with E-state index in [1.54, 1.807) is 19.1 Å². The number of carbonyl (C=O) groups is 1. The molecule has 14 heavy (non-hydrogen) atoms. The van der Waals surface area contributed by atoms with Gasteiger partial charge in [-0.2, -0.15) is 6.42 Å². The number of aromatic hydroxyl groups is 1. The van der Waals surface area contributed by atoms with E-state index in [1.165, 1.54) is 0 Å². The molecular formula is C10H11O3Y-. The van der Waals surface area contributed by atoms with Gasteiger partial charge in [0.25, 0.3) is 0 Å². The topological polar surface area (TPSA) is 57.5 Å². The van der Waals surface area contributed by atoms with Crippen molar-refractivity contribution in [3.63, 3.8) is 0 Å². The zero-order valence-corrected chi connectivity index (χ0v) is 10.8. The summed E-state index contributed by atoms with van der Waals surface area (Å²) in [4.78, 5) is 10.8. The van der Waals surface area contributed by atoms with Gasteiger partial charge in [0.2, 0.25) is 0 Å². The molecule has 0 aliphatic carbocycles. The van der Waals surface area contributed by atoms with Crippen molar-refractivity contribution in [1.82, 2.24) is 0 Å². The van der Waals surface area contributed by atoms with Crippen LogP contribution < -0.4 is 0 Å². The van der Waals surface area contributed by atoms with Gasteiger partial charge in [0.15, 0.2) is 0 Å². The fraction of sp³-hybridized carbons (Fsp3) is 0.200. The maximum absolute atomic E-state index is 10.8. The monoisotopic (exact) mass is 268 g/mol. The number of aryl methyl sites for hydroxylation is 1. The van der Waals surface area contributed by atoms with Crippen molar-refractivity contribution < 1.29 is 47.7 Å². The van der Waals surface area contributed by atoms with E-state index >= 15 is 0 Å². The molecule has 0 saturated carbocycles. The van der Waals surface area contributed by atoms with Gasteiger partial charge >= 0.3 is 5.97 Å². The molecular weight excluding hydrogens is 257 g/mol. The summed E-state index contributed by atoms with van der Waals surface area (Å²) in [5.74, 6) is -1.27. The first-order valence-electron chi connectivity index (χ1n) is 3.92. The molecule has 4 heteroatoms. The molecule has 0 saturated heterocycles. The van der Waals surface area contributed by atoms with Crippen molar-refractivity contribution >= 4 is 5.97 Å². The van der Waals surface area contributed by atoms with Crippen molar-refractivity contribution in [3.8, 4) is 5.75 Å². The summed E-state index contributed by atoms with van der Waals surface area (Å²) in [7, 11) is 0. The van der Waals surface area contributed by atoms with Crippen molar-refractivity contribution in [2.24, 2.45) is 0 Å². The van der Waals surface area contributed by atoms with Crippen LogP contribution in [0.1, 0.15) is 21.5 Å². The predicted molar refractivity (Wildman–Crippen MR) is 48.9 cm³/mol. The fourth-order valence-electron chi connectivity index (χ4n) is 1.18. The SMILES string of the molecule is [CH2-]Cc1ccc(C)c(O)c1C(=O)O.[Y]. The maximum atomic E-state index is 10.8. The second-order valence-corrected chi connectivity index (χ2v) is 2.82. The van der Waals surface area contributed by atoms with Gasteiger partial charge in [0.1, 0.15) is 11.3 Å². The standard InChI is InChI=1S/C10H11O3.Y/c1-3-7-5-4-6(2)9(11)8(7)10(12)13;/h4-5,11H,1,3H2,2H3,(H,12,13);/q-1;. The predicted octanol–water partition coefficient (Wildman–Crippen LogP) is 1.77. The van der Waals surface area contributed by atoms with Gasteiger partial charge in [-0.25, -0.2) is 4.79 Å². The van der Waals surface area contributed by atoms with Crippen LogP contribution in [0.15, 0.2) is 12.1 Å². The van der Waals surface area contributed by atoms with Crippen molar-refractivity contribution in [3.05, 3.63) is 35.7 Å². The van der Waals surface area contributed by atoms with Gasteiger partial charge in [0.05, 0.1) is 0 Å². The Kier molecular flexibility index (Phi) is 5.31. The van der Waals surface area contributed by atoms with Gasteiger partial charge < -0.3 is 17.1 Å². The zero-order chi connectivity index (χ0) is 10.0. The molecule has 0 aromatic heterocycles. The van der Waals surface area contributed by atoms with Gasteiger partial charge in [-0.1, -0.05) is 17.7 Å². The van der Waals surface area contributed by atoms with Crippen LogP contribution in [0.4, 0.5) is 0 Å². The summed E-state index contributed by atoms with van der Waals surface area (Å²) in [6.07, 6.45) is 0.357. The van der Waals surface area contributed by atoms with Crippen molar-refractivity contribution in [2.75, 3.05) is 0 Å². The van der Waals surface area contributed by atoms with E-state index in [2.05, 4.69) is 6.92 Å². The van der Waals surface area contributed by atoms with Crippen LogP contribution in [-0.2, 0) is 39.1 Å². The number of benzene rings is 1. The van der Waals surface area contributed by atoms with E-state index < -0.39 is 5.97 Å². The summed E-state index contributed by atoms with van der Waals surface area (Å²) in [6, 6.07) is 3.35. The molecule has 1 rings (SSSR count). The molecule has 0 atom stereocenters. The average Bonchev–Trinajstić information content (AvgIpc) is 2.08. The Balaban J connectivity index is 0.00000169. The Morgan fingerprint density at radius 1 is 1.50 bits per heavy atom. The van der Waals surface area contributed by atoms with Crippen LogP contribution in [0.5, 0.6) is 5.75 Å². The molecule has 0 spiro atoms. The van der Waals surface area contributed by atoms with Crippen LogP contribution in [0.2, 0.25) is 0 Å². The minimum absolute atomic E-state index is 0. The molecule has 0 aliphatic rings. The first-order chi connectivity index (χ1) is 6.07. The van der Waals surface area contributed by atoms with Crippen LogP contribution in [0.3, 0.4) is 0 Å². The second kappa shape index (κ2) is 5.47. The second-order valence-electron chi connectivity index (χ2n) is 2.82. The third kappa shape index (κ3) is 2.55. The Morgan fingerprint density at radius 3 is 2.50 bits per heavy atom. The Hall–Kier alpha value is -0.406. The largest absolute Gasteiger partial charge is 0.507 e. The number of hydrogen-bond donors (Lipinski definition) is 2. The smallest absolute Gasteiger partial charge is 0.339 e. The van der Waals surface area contributed by atoms with Crippen LogP contribution >= 0.6 is 0 Å². The van der Waals surface area contributed by atoms with E-state index in [9.17, 15) is 9.90 Å². The van der Waals surface area contributed by atoms with Crippen LogP contribution in [0.25, 0.3) is 0 Å². The molecule has 0 fully saturated rings. The maximum Gasteiger partial charge on any atom is 0.339 e. The van der Waals surface area contributed by atoms with E-state index in [0.29, 0.717) is 17.5 Å². The minimum Gasteiger partial charge on any atom is -0.507 e.